The Labute approximate surface area is 151 Å². The fraction of sp³-hybridized carbons (Fsp3) is 0.143. The molecule has 8 bridgehead atoms. The summed E-state index contributed by atoms with van der Waals surface area (Å²) in [4.78, 5) is 76.9. The Bertz CT molecular complexity index is 1150. The lowest BCUT2D eigenvalue weighted by atomic mass is 9.42. The topological polar surface area (TPSA) is 102 Å². The van der Waals surface area contributed by atoms with E-state index in [1.165, 1.54) is 12.1 Å². The Kier molecular flexibility index (Phi) is 2.20. The molecular formula is C21H8O6. The fourth-order valence-electron chi connectivity index (χ4n) is 5.51. The molecule has 1 spiro atoms. The Morgan fingerprint density at radius 2 is 0.963 bits per heavy atom. The molecule has 0 aliphatic heterocycles. The average Bonchev–Trinajstić information content (AvgIpc) is 2.66. The zero-order valence-electron chi connectivity index (χ0n) is 13.6. The van der Waals surface area contributed by atoms with E-state index in [1.807, 2.05) is 0 Å². The summed E-state index contributed by atoms with van der Waals surface area (Å²) < 4.78 is 0. The summed E-state index contributed by atoms with van der Waals surface area (Å²) in [7, 11) is 0. The van der Waals surface area contributed by atoms with Crippen LogP contribution in [0.25, 0.3) is 0 Å². The lowest BCUT2D eigenvalue weighted by Crippen LogP contribution is -2.67. The second-order valence-corrected chi connectivity index (χ2v) is 7.31. The minimum absolute atomic E-state index is 0.0341. The number of rotatable bonds is 0. The summed E-state index contributed by atoms with van der Waals surface area (Å²) in [5, 5.41) is 0. The van der Waals surface area contributed by atoms with Crippen LogP contribution in [0.3, 0.4) is 0 Å². The van der Waals surface area contributed by atoms with Crippen molar-refractivity contribution in [3.05, 3.63) is 69.8 Å². The third-order valence-corrected chi connectivity index (χ3v) is 6.41. The molecule has 0 fully saturated rings. The Balaban J connectivity index is 1.89. The number of benzene rings is 2. The zero-order chi connectivity index (χ0) is 18.8. The number of hydrogen-bond acceptors (Lipinski definition) is 6. The van der Waals surface area contributed by atoms with Gasteiger partial charge in [-0.15, -0.1) is 0 Å². The van der Waals surface area contributed by atoms with Crippen LogP contribution in [0.15, 0.2) is 36.4 Å². The first-order chi connectivity index (χ1) is 12.9. The summed E-state index contributed by atoms with van der Waals surface area (Å²) in [5.41, 5.74) is -0.736. The standard InChI is InChI=1S/C21H8O6/c22-15-7-3-1-5-9-11(7)17(24)19(26)13(15)21(9)10-6-2-4-8-12(10)18(25)20(27)14(21)16(8)23/h1-6,13-14H. The molecule has 2 aromatic carbocycles. The maximum Gasteiger partial charge on any atom is 0.230 e. The average molecular weight is 356 g/mol. The van der Waals surface area contributed by atoms with Crippen molar-refractivity contribution < 1.29 is 28.8 Å². The quantitative estimate of drug-likeness (QED) is 0.518. The van der Waals surface area contributed by atoms with E-state index in [4.69, 9.17) is 0 Å². The van der Waals surface area contributed by atoms with Gasteiger partial charge in [-0.2, -0.15) is 0 Å². The number of fused-ring (bicyclic) bond motifs is 2. The van der Waals surface area contributed by atoms with Gasteiger partial charge in [-0.25, -0.2) is 0 Å². The van der Waals surface area contributed by atoms with E-state index in [0.717, 1.165) is 0 Å². The summed E-state index contributed by atoms with van der Waals surface area (Å²) in [6, 6.07) is 9.24. The van der Waals surface area contributed by atoms with Crippen LogP contribution in [-0.2, 0) is 15.0 Å². The minimum Gasteiger partial charge on any atom is -0.293 e. The predicted molar refractivity (Wildman–Crippen MR) is 88.0 cm³/mol. The van der Waals surface area contributed by atoms with Crippen molar-refractivity contribution in [3.63, 3.8) is 0 Å². The lowest BCUT2D eigenvalue weighted by Gasteiger charge is -2.54. The molecule has 8 rings (SSSR count). The monoisotopic (exact) mass is 356 g/mol. The van der Waals surface area contributed by atoms with Crippen LogP contribution in [-0.4, -0.2) is 34.7 Å². The molecule has 0 aromatic heterocycles. The van der Waals surface area contributed by atoms with Crippen molar-refractivity contribution in [2.75, 3.05) is 0 Å². The molecular weight excluding hydrogens is 348 g/mol. The van der Waals surface area contributed by atoms with Gasteiger partial charge in [-0.3, -0.25) is 28.8 Å². The third kappa shape index (κ3) is 1.20. The number of carbonyl (C=O) groups excluding carboxylic acids is 6. The van der Waals surface area contributed by atoms with Crippen LogP contribution in [0, 0.1) is 11.8 Å². The normalized spacial score (nSPS) is 29.3. The zero-order valence-corrected chi connectivity index (χ0v) is 13.6. The Hall–Kier alpha value is -3.54. The summed E-state index contributed by atoms with van der Waals surface area (Å²) in [6.07, 6.45) is 0. The van der Waals surface area contributed by atoms with Crippen LogP contribution in [0.2, 0.25) is 0 Å². The minimum atomic E-state index is -1.60. The molecule has 0 N–H and O–H groups in total. The van der Waals surface area contributed by atoms with E-state index in [1.54, 1.807) is 24.3 Å². The van der Waals surface area contributed by atoms with Gasteiger partial charge in [0.05, 0.1) is 5.41 Å². The van der Waals surface area contributed by atoms with Gasteiger partial charge in [0.25, 0.3) is 0 Å². The summed E-state index contributed by atoms with van der Waals surface area (Å²) in [5.74, 6) is -7.49. The highest BCUT2D eigenvalue weighted by molar-refractivity contribution is 6.57. The van der Waals surface area contributed by atoms with Gasteiger partial charge in [0.1, 0.15) is 11.8 Å². The smallest absolute Gasteiger partial charge is 0.230 e. The van der Waals surface area contributed by atoms with Gasteiger partial charge >= 0.3 is 0 Å². The maximum atomic E-state index is 13.1. The van der Waals surface area contributed by atoms with Gasteiger partial charge in [-0.05, 0) is 11.1 Å². The molecule has 27 heavy (non-hydrogen) atoms. The molecule has 0 heterocycles. The van der Waals surface area contributed by atoms with Gasteiger partial charge in [0.15, 0.2) is 11.6 Å². The highest BCUT2D eigenvalue weighted by Gasteiger charge is 2.71. The van der Waals surface area contributed by atoms with E-state index < -0.39 is 52.0 Å². The van der Waals surface area contributed by atoms with E-state index >= 15 is 0 Å². The molecule has 6 heteroatoms. The molecule has 6 aliphatic carbocycles. The van der Waals surface area contributed by atoms with Crippen molar-refractivity contribution in [3.8, 4) is 0 Å². The molecule has 128 valence electrons. The first-order valence-corrected chi connectivity index (χ1v) is 8.44. The van der Waals surface area contributed by atoms with E-state index in [2.05, 4.69) is 0 Å². The SMILES string of the molecule is O=C1C(=O)C2C(=O)c3cccc(c31)C21c2cccc3c2C(=O)C(=O)C1C3=O. The number of ketones is 6. The first-order valence-electron chi connectivity index (χ1n) is 8.44. The molecule has 2 aromatic rings. The molecule has 0 amide bonds. The molecule has 6 nitrogen and oxygen atoms in total. The highest BCUT2D eigenvalue weighted by Crippen LogP contribution is 2.60. The summed E-state index contributed by atoms with van der Waals surface area (Å²) in [6.45, 7) is 0. The second kappa shape index (κ2) is 4.06. The third-order valence-electron chi connectivity index (χ3n) is 6.41. The van der Waals surface area contributed by atoms with Crippen LogP contribution in [0.5, 0.6) is 0 Å². The number of carbonyl (C=O) groups is 6. The van der Waals surface area contributed by atoms with Gasteiger partial charge < -0.3 is 0 Å². The van der Waals surface area contributed by atoms with Crippen molar-refractivity contribution in [2.45, 2.75) is 5.41 Å². The predicted octanol–water partition coefficient (Wildman–Crippen LogP) is 1.13. The van der Waals surface area contributed by atoms with Gasteiger partial charge in [0.2, 0.25) is 23.1 Å². The van der Waals surface area contributed by atoms with E-state index in [0.29, 0.717) is 11.1 Å². The summed E-state index contributed by atoms with van der Waals surface area (Å²) >= 11 is 0. The maximum absolute atomic E-state index is 13.1. The molecule has 2 unspecified atom stereocenters. The van der Waals surface area contributed by atoms with E-state index in [9.17, 15) is 28.8 Å². The first kappa shape index (κ1) is 14.6. The number of Topliss-reactive ketones (excluding diaryl/α,β-unsaturated/α-hetero) is 6. The number of hydrogen-bond donors (Lipinski definition) is 0. The van der Waals surface area contributed by atoms with Crippen molar-refractivity contribution in [1.82, 2.24) is 0 Å². The molecule has 2 atom stereocenters. The second-order valence-electron chi connectivity index (χ2n) is 7.31. The Morgan fingerprint density at radius 3 is 1.37 bits per heavy atom. The van der Waals surface area contributed by atoms with Crippen LogP contribution < -0.4 is 0 Å². The van der Waals surface area contributed by atoms with Gasteiger partial charge in [0, 0.05) is 22.3 Å². The van der Waals surface area contributed by atoms with Crippen LogP contribution >= 0.6 is 0 Å². The largest absolute Gasteiger partial charge is 0.293 e. The van der Waals surface area contributed by atoms with Crippen LogP contribution in [0.1, 0.15) is 52.6 Å². The van der Waals surface area contributed by atoms with Crippen LogP contribution in [0.4, 0.5) is 0 Å². The molecule has 0 saturated carbocycles. The lowest BCUT2D eigenvalue weighted by molar-refractivity contribution is -0.124. The van der Waals surface area contributed by atoms with Crippen molar-refractivity contribution >= 4 is 34.7 Å². The van der Waals surface area contributed by atoms with Gasteiger partial charge in [-0.1, -0.05) is 36.4 Å². The highest BCUT2D eigenvalue weighted by atomic mass is 16.2. The molecule has 0 saturated heterocycles. The van der Waals surface area contributed by atoms with E-state index in [-0.39, 0.29) is 22.3 Å². The van der Waals surface area contributed by atoms with Crippen molar-refractivity contribution in [2.24, 2.45) is 11.8 Å². The van der Waals surface area contributed by atoms with Crippen molar-refractivity contribution in [1.29, 1.82) is 0 Å². The Morgan fingerprint density at radius 1 is 0.556 bits per heavy atom. The fourth-order valence-corrected chi connectivity index (χ4v) is 5.51. The molecule has 0 radical (unpaired) electrons. The molecule has 6 aliphatic rings.